The van der Waals surface area contributed by atoms with E-state index in [0.717, 1.165) is 42.0 Å². The number of amides is 1. The summed E-state index contributed by atoms with van der Waals surface area (Å²) in [6.07, 6.45) is 8.30. The Morgan fingerprint density at radius 1 is 1.44 bits per heavy atom. The summed E-state index contributed by atoms with van der Waals surface area (Å²) in [5.74, 6) is 1.26. The van der Waals surface area contributed by atoms with Gasteiger partial charge in [0.2, 0.25) is 0 Å². The van der Waals surface area contributed by atoms with Crippen molar-refractivity contribution in [2.24, 2.45) is 0 Å². The van der Waals surface area contributed by atoms with Crippen LogP contribution in [0.25, 0.3) is 11.4 Å². The number of imidazole rings is 1. The number of pyridine rings is 1. The number of nitrogens with one attached hydrogen (secondary N) is 2. The van der Waals surface area contributed by atoms with E-state index in [9.17, 15) is 4.79 Å². The second-order valence-electron chi connectivity index (χ2n) is 6.49. The highest BCUT2D eigenvalue weighted by atomic mass is 16.1. The van der Waals surface area contributed by atoms with Crippen LogP contribution in [0.15, 0.2) is 36.8 Å². The van der Waals surface area contributed by atoms with Crippen molar-refractivity contribution in [1.29, 1.82) is 0 Å². The standard InChI is InChI=1S/C19H21N5O/c1-3-5-13-6-4-7-16(22-13)23-19(25)14-11-21-15-10-12(2)24-9-8-20-18(24)17(14)15/h4,6-9,11-12,21H,3,5,10H2,1-2H3,(H,22,23,25)/t12-/m1/s1. The molecule has 25 heavy (non-hydrogen) atoms. The van der Waals surface area contributed by atoms with Crippen LogP contribution in [0.4, 0.5) is 5.82 Å². The number of aromatic nitrogens is 4. The fourth-order valence-electron chi connectivity index (χ4n) is 3.45. The Bertz CT molecular complexity index is 924. The molecule has 0 spiro atoms. The minimum absolute atomic E-state index is 0.164. The SMILES string of the molecule is CCCc1cccc(NC(=O)c2c[nH]c3c2-c2nccn2[C@H](C)C3)n1. The zero-order valence-corrected chi connectivity index (χ0v) is 14.4. The van der Waals surface area contributed by atoms with Gasteiger partial charge in [-0.3, -0.25) is 4.79 Å². The van der Waals surface area contributed by atoms with Crippen molar-refractivity contribution in [2.75, 3.05) is 5.32 Å². The van der Waals surface area contributed by atoms with Gasteiger partial charge in [0.15, 0.2) is 0 Å². The lowest BCUT2D eigenvalue weighted by Crippen LogP contribution is -2.18. The second-order valence-corrected chi connectivity index (χ2v) is 6.49. The molecule has 3 aromatic rings. The number of hydrogen-bond donors (Lipinski definition) is 2. The molecule has 3 aromatic heterocycles. The average molecular weight is 335 g/mol. The number of H-pyrrole nitrogens is 1. The maximum absolute atomic E-state index is 12.8. The summed E-state index contributed by atoms with van der Waals surface area (Å²) < 4.78 is 2.12. The molecular formula is C19H21N5O. The second kappa shape index (κ2) is 6.20. The predicted molar refractivity (Wildman–Crippen MR) is 96.6 cm³/mol. The highest BCUT2D eigenvalue weighted by Gasteiger charge is 2.28. The predicted octanol–water partition coefficient (Wildman–Crippen LogP) is 3.60. The number of carbonyl (C=O) groups excluding carboxylic acids is 1. The third-order valence-corrected chi connectivity index (χ3v) is 4.63. The summed E-state index contributed by atoms with van der Waals surface area (Å²) in [5, 5.41) is 2.92. The van der Waals surface area contributed by atoms with E-state index < -0.39 is 0 Å². The van der Waals surface area contributed by atoms with Crippen LogP contribution in [0.2, 0.25) is 0 Å². The van der Waals surface area contributed by atoms with Crippen LogP contribution in [-0.4, -0.2) is 25.4 Å². The van der Waals surface area contributed by atoms with Crippen LogP contribution >= 0.6 is 0 Å². The van der Waals surface area contributed by atoms with Crippen LogP contribution in [-0.2, 0) is 12.8 Å². The number of aromatic amines is 1. The summed E-state index contributed by atoms with van der Waals surface area (Å²) in [4.78, 5) is 25.0. The van der Waals surface area contributed by atoms with Gasteiger partial charge in [0.1, 0.15) is 11.6 Å². The lowest BCUT2D eigenvalue weighted by molar-refractivity contribution is 0.102. The molecule has 6 heteroatoms. The van der Waals surface area contributed by atoms with Gasteiger partial charge < -0.3 is 14.9 Å². The monoisotopic (exact) mass is 335 g/mol. The van der Waals surface area contributed by atoms with Crippen LogP contribution in [0.5, 0.6) is 0 Å². The molecule has 0 aromatic carbocycles. The van der Waals surface area contributed by atoms with Crippen molar-refractivity contribution in [2.45, 2.75) is 39.2 Å². The van der Waals surface area contributed by atoms with Crippen molar-refractivity contribution in [3.63, 3.8) is 0 Å². The zero-order chi connectivity index (χ0) is 17.4. The minimum Gasteiger partial charge on any atom is -0.364 e. The largest absolute Gasteiger partial charge is 0.364 e. The van der Waals surface area contributed by atoms with Crippen LogP contribution < -0.4 is 5.32 Å². The Morgan fingerprint density at radius 2 is 2.32 bits per heavy atom. The number of fused-ring (bicyclic) bond motifs is 3. The summed E-state index contributed by atoms with van der Waals surface area (Å²) >= 11 is 0. The van der Waals surface area contributed by atoms with Crippen molar-refractivity contribution in [3.8, 4) is 11.4 Å². The van der Waals surface area contributed by atoms with E-state index in [0.29, 0.717) is 17.4 Å². The molecule has 0 bridgehead atoms. The smallest absolute Gasteiger partial charge is 0.259 e. The maximum Gasteiger partial charge on any atom is 0.259 e. The molecular weight excluding hydrogens is 314 g/mol. The third-order valence-electron chi connectivity index (χ3n) is 4.63. The lowest BCUT2D eigenvalue weighted by atomic mass is 10.0. The van der Waals surface area contributed by atoms with E-state index in [2.05, 4.69) is 38.7 Å². The van der Waals surface area contributed by atoms with Crippen LogP contribution in [0, 0.1) is 0 Å². The molecule has 0 saturated carbocycles. The Labute approximate surface area is 146 Å². The van der Waals surface area contributed by atoms with Crippen molar-refractivity contribution >= 4 is 11.7 Å². The van der Waals surface area contributed by atoms with E-state index in [-0.39, 0.29) is 5.91 Å². The highest BCUT2D eigenvalue weighted by molar-refractivity contribution is 6.08. The number of anilines is 1. The minimum atomic E-state index is -0.164. The Hall–Kier alpha value is -2.89. The van der Waals surface area contributed by atoms with Crippen LogP contribution in [0.1, 0.15) is 48.1 Å². The molecule has 1 atom stereocenters. The Balaban J connectivity index is 1.64. The molecule has 6 nitrogen and oxygen atoms in total. The van der Waals surface area contributed by atoms with E-state index in [1.165, 1.54) is 0 Å². The molecule has 0 saturated heterocycles. The van der Waals surface area contributed by atoms with E-state index in [1.807, 2.05) is 24.4 Å². The first-order valence-corrected chi connectivity index (χ1v) is 8.68. The topological polar surface area (TPSA) is 75.6 Å². The number of rotatable bonds is 4. The first-order valence-electron chi connectivity index (χ1n) is 8.68. The third kappa shape index (κ3) is 2.73. The molecule has 1 aliphatic rings. The molecule has 2 N–H and O–H groups in total. The fourth-order valence-corrected chi connectivity index (χ4v) is 3.45. The summed E-state index contributed by atoms with van der Waals surface area (Å²) in [7, 11) is 0. The summed E-state index contributed by atoms with van der Waals surface area (Å²) in [5.41, 5.74) is 3.55. The van der Waals surface area contributed by atoms with Gasteiger partial charge in [0.05, 0.1) is 11.1 Å². The fraction of sp³-hybridized carbons (Fsp3) is 0.316. The van der Waals surface area contributed by atoms with Crippen molar-refractivity contribution in [3.05, 3.63) is 53.7 Å². The molecule has 0 radical (unpaired) electrons. The molecule has 0 fully saturated rings. The van der Waals surface area contributed by atoms with Crippen molar-refractivity contribution in [1.82, 2.24) is 19.5 Å². The summed E-state index contributed by atoms with van der Waals surface area (Å²) in [6, 6.07) is 6.05. The van der Waals surface area contributed by atoms with Gasteiger partial charge in [-0.2, -0.15) is 0 Å². The normalized spacial score (nSPS) is 15.5. The number of carbonyl (C=O) groups is 1. The molecule has 128 valence electrons. The van der Waals surface area contributed by atoms with Gasteiger partial charge in [-0.25, -0.2) is 9.97 Å². The van der Waals surface area contributed by atoms with Gasteiger partial charge in [-0.05, 0) is 25.5 Å². The van der Waals surface area contributed by atoms with E-state index in [4.69, 9.17) is 0 Å². The van der Waals surface area contributed by atoms with Crippen molar-refractivity contribution < 1.29 is 4.79 Å². The molecule has 4 rings (SSSR count). The molecule has 0 unspecified atom stereocenters. The van der Waals surface area contributed by atoms with E-state index >= 15 is 0 Å². The summed E-state index contributed by atoms with van der Waals surface area (Å²) in [6.45, 7) is 4.26. The molecule has 4 heterocycles. The highest BCUT2D eigenvalue weighted by Crippen LogP contribution is 2.35. The Morgan fingerprint density at radius 3 is 3.16 bits per heavy atom. The first-order chi connectivity index (χ1) is 12.2. The van der Waals surface area contributed by atoms with Gasteiger partial charge in [-0.15, -0.1) is 0 Å². The van der Waals surface area contributed by atoms with Gasteiger partial charge >= 0.3 is 0 Å². The molecule has 1 amide bonds. The number of nitrogens with zero attached hydrogens (tertiary/aromatic N) is 3. The van der Waals surface area contributed by atoms with E-state index in [1.54, 1.807) is 12.4 Å². The van der Waals surface area contributed by atoms with Gasteiger partial charge in [-0.1, -0.05) is 19.4 Å². The maximum atomic E-state index is 12.8. The molecule has 0 aliphatic carbocycles. The van der Waals surface area contributed by atoms with Crippen LogP contribution in [0.3, 0.4) is 0 Å². The Kier molecular flexibility index (Phi) is 3.87. The van der Waals surface area contributed by atoms with Gasteiger partial charge in [0.25, 0.3) is 5.91 Å². The number of aryl methyl sites for hydroxylation is 1. The first kappa shape index (κ1) is 15.6. The number of hydrogen-bond acceptors (Lipinski definition) is 3. The lowest BCUT2D eigenvalue weighted by Gasteiger charge is -2.22. The zero-order valence-electron chi connectivity index (χ0n) is 14.4. The average Bonchev–Trinajstić information content (AvgIpc) is 3.22. The molecule has 1 aliphatic heterocycles. The quantitative estimate of drug-likeness (QED) is 0.765. The van der Waals surface area contributed by atoms with Gasteiger partial charge in [0, 0.05) is 42.4 Å².